The fourth-order valence-corrected chi connectivity index (χ4v) is 2.37. The molecule has 2 atom stereocenters. The lowest BCUT2D eigenvalue weighted by molar-refractivity contribution is -0.147. The lowest BCUT2D eigenvalue weighted by atomic mass is 9.91. The van der Waals surface area contributed by atoms with Gasteiger partial charge in [-0.25, -0.2) is 9.59 Å². The quantitative estimate of drug-likeness (QED) is 0.669. The van der Waals surface area contributed by atoms with Crippen molar-refractivity contribution in [2.75, 3.05) is 7.11 Å². The number of methoxy groups -OCH3 is 1. The zero-order valence-corrected chi connectivity index (χ0v) is 13.7. The van der Waals surface area contributed by atoms with Gasteiger partial charge in [-0.05, 0) is 19.4 Å². The van der Waals surface area contributed by atoms with E-state index in [0.29, 0.717) is 0 Å². The van der Waals surface area contributed by atoms with Crippen LogP contribution in [0.15, 0.2) is 41.7 Å². The lowest BCUT2D eigenvalue weighted by Gasteiger charge is -2.30. The monoisotopic (exact) mass is 333 g/mol. The molecule has 1 aromatic carbocycles. The van der Waals surface area contributed by atoms with Gasteiger partial charge in [0.1, 0.15) is 12.4 Å². The van der Waals surface area contributed by atoms with Gasteiger partial charge in [-0.15, -0.1) is 0 Å². The molecule has 0 aromatic heterocycles. The number of esters is 2. The standard InChI is InChI=1S/C17H19NO6/c1-10-14(13(16(20)22-3)11(2)24-15(10)19)18-17(21)23-9-12-7-5-4-6-8-12/h4-8,10,14H,9H2,1-3H3,(H,18,21)/t10-,14+/m1/s1. The predicted octanol–water partition coefficient (Wildman–Crippen LogP) is 1.92. The van der Waals surface area contributed by atoms with Gasteiger partial charge in [0.15, 0.2) is 0 Å². The van der Waals surface area contributed by atoms with Crippen molar-refractivity contribution in [3.05, 3.63) is 47.2 Å². The molecule has 128 valence electrons. The minimum absolute atomic E-state index is 0.0779. The number of hydrogen-bond acceptors (Lipinski definition) is 6. The van der Waals surface area contributed by atoms with Gasteiger partial charge in [-0.1, -0.05) is 30.3 Å². The van der Waals surface area contributed by atoms with Gasteiger partial charge in [0, 0.05) is 0 Å². The third kappa shape index (κ3) is 3.92. The van der Waals surface area contributed by atoms with E-state index in [9.17, 15) is 14.4 Å². The van der Waals surface area contributed by atoms with E-state index in [-0.39, 0.29) is 17.9 Å². The summed E-state index contributed by atoms with van der Waals surface area (Å²) in [5, 5.41) is 2.54. The maximum atomic E-state index is 12.0. The van der Waals surface area contributed by atoms with E-state index >= 15 is 0 Å². The highest BCUT2D eigenvalue weighted by atomic mass is 16.6. The summed E-state index contributed by atoms with van der Waals surface area (Å²) in [6.45, 7) is 3.11. The number of hydrogen-bond donors (Lipinski definition) is 1. The maximum absolute atomic E-state index is 12.0. The molecule has 24 heavy (non-hydrogen) atoms. The summed E-state index contributed by atoms with van der Waals surface area (Å²) < 4.78 is 14.9. The molecule has 7 heteroatoms. The zero-order valence-electron chi connectivity index (χ0n) is 13.7. The molecule has 0 saturated heterocycles. The summed E-state index contributed by atoms with van der Waals surface area (Å²) in [4.78, 5) is 35.8. The molecule has 0 fully saturated rings. The van der Waals surface area contributed by atoms with E-state index in [4.69, 9.17) is 14.2 Å². The molecule has 0 aliphatic carbocycles. The number of allylic oxidation sites excluding steroid dienone is 1. The summed E-state index contributed by atoms with van der Waals surface area (Å²) in [7, 11) is 1.22. The number of carbonyl (C=O) groups excluding carboxylic acids is 3. The van der Waals surface area contributed by atoms with E-state index < -0.39 is 30.0 Å². The molecule has 0 bridgehead atoms. The smallest absolute Gasteiger partial charge is 0.407 e. The third-order valence-electron chi connectivity index (χ3n) is 3.71. The predicted molar refractivity (Wildman–Crippen MR) is 83.5 cm³/mol. The van der Waals surface area contributed by atoms with Crippen molar-refractivity contribution in [2.24, 2.45) is 5.92 Å². The number of cyclic esters (lactones) is 1. The highest BCUT2D eigenvalue weighted by Crippen LogP contribution is 2.26. The maximum Gasteiger partial charge on any atom is 0.407 e. The average Bonchev–Trinajstić information content (AvgIpc) is 2.58. The van der Waals surface area contributed by atoms with Crippen LogP contribution >= 0.6 is 0 Å². The number of amides is 1. The Kier molecular flexibility index (Phi) is 5.57. The van der Waals surface area contributed by atoms with Crippen molar-refractivity contribution in [1.29, 1.82) is 0 Å². The molecule has 1 N–H and O–H groups in total. The Labute approximate surface area is 139 Å². The molecule has 1 amide bonds. The van der Waals surface area contributed by atoms with Crippen molar-refractivity contribution < 1.29 is 28.6 Å². The molecule has 0 saturated carbocycles. The summed E-state index contributed by atoms with van der Waals surface area (Å²) in [6.07, 6.45) is -0.736. The molecule has 0 unspecified atom stereocenters. The van der Waals surface area contributed by atoms with Gasteiger partial charge in [-0.3, -0.25) is 4.79 Å². The van der Waals surface area contributed by atoms with E-state index in [1.807, 2.05) is 30.3 Å². The lowest BCUT2D eigenvalue weighted by Crippen LogP contribution is -2.49. The molecular formula is C17H19NO6. The molecule has 1 aromatic rings. The van der Waals surface area contributed by atoms with Crippen LogP contribution in [0, 0.1) is 5.92 Å². The van der Waals surface area contributed by atoms with Crippen LogP contribution < -0.4 is 5.32 Å². The summed E-state index contributed by atoms with van der Waals surface area (Å²) >= 11 is 0. The van der Waals surface area contributed by atoms with Gasteiger partial charge < -0.3 is 19.5 Å². The van der Waals surface area contributed by atoms with E-state index in [1.54, 1.807) is 6.92 Å². The Morgan fingerprint density at radius 3 is 2.54 bits per heavy atom. The fourth-order valence-electron chi connectivity index (χ4n) is 2.37. The molecule has 0 spiro atoms. The first kappa shape index (κ1) is 17.5. The summed E-state index contributed by atoms with van der Waals surface area (Å²) in [5.41, 5.74) is 0.921. The second-order valence-electron chi connectivity index (χ2n) is 5.35. The van der Waals surface area contributed by atoms with E-state index in [0.717, 1.165) is 5.56 Å². The minimum atomic E-state index is -0.873. The van der Waals surface area contributed by atoms with Crippen molar-refractivity contribution >= 4 is 18.0 Å². The van der Waals surface area contributed by atoms with Gasteiger partial charge >= 0.3 is 18.0 Å². The van der Waals surface area contributed by atoms with Gasteiger partial charge in [0.2, 0.25) is 0 Å². The van der Waals surface area contributed by atoms with E-state index in [1.165, 1.54) is 14.0 Å². The number of carbonyl (C=O) groups is 3. The Hall–Kier alpha value is -2.83. The molecule has 7 nitrogen and oxygen atoms in total. The molecule has 1 aliphatic heterocycles. The number of nitrogens with one attached hydrogen (secondary N) is 1. The SMILES string of the molecule is COC(=O)C1=C(C)OC(=O)[C@H](C)[C@@H]1NC(=O)OCc1ccccc1. The van der Waals surface area contributed by atoms with Gasteiger partial charge in [0.05, 0.1) is 24.6 Å². The van der Waals surface area contributed by atoms with Crippen LogP contribution in [-0.2, 0) is 30.4 Å². The molecule has 0 radical (unpaired) electrons. The fraction of sp³-hybridized carbons (Fsp3) is 0.353. The zero-order chi connectivity index (χ0) is 17.7. The Morgan fingerprint density at radius 2 is 1.92 bits per heavy atom. The number of rotatable bonds is 4. The first-order chi connectivity index (χ1) is 11.4. The first-order valence-corrected chi connectivity index (χ1v) is 7.42. The second-order valence-corrected chi connectivity index (χ2v) is 5.35. The number of benzene rings is 1. The Bertz CT molecular complexity index is 667. The largest absolute Gasteiger partial charge is 0.466 e. The van der Waals surface area contributed by atoms with Crippen LogP contribution in [0.3, 0.4) is 0 Å². The minimum Gasteiger partial charge on any atom is -0.466 e. The normalized spacial score (nSPS) is 20.2. The van der Waals surface area contributed by atoms with Gasteiger partial charge in [-0.2, -0.15) is 0 Å². The topological polar surface area (TPSA) is 90.9 Å². The van der Waals surface area contributed by atoms with Crippen molar-refractivity contribution in [3.8, 4) is 0 Å². The Balaban J connectivity index is 2.09. The van der Waals surface area contributed by atoms with Crippen LogP contribution in [0.25, 0.3) is 0 Å². The number of alkyl carbamates (subject to hydrolysis) is 1. The van der Waals surface area contributed by atoms with Crippen LogP contribution in [-0.4, -0.2) is 31.2 Å². The highest BCUT2D eigenvalue weighted by molar-refractivity contribution is 5.94. The number of ether oxygens (including phenoxy) is 3. The van der Waals surface area contributed by atoms with Crippen LogP contribution in [0.2, 0.25) is 0 Å². The van der Waals surface area contributed by atoms with Crippen molar-refractivity contribution in [1.82, 2.24) is 5.32 Å². The van der Waals surface area contributed by atoms with Crippen molar-refractivity contribution in [2.45, 2.75) is 26.5 Å². The van der Waals surface area contributed by atoms with Crippen LogP contribution in [0.5, 0.6) is 0 Å². The summed E-state index contributed by atoms with van der Waals surface area (Å²) in [6, 6.07) is 8.28. The highest BCUT2D eigenvalue weighted by Gasteiger charge is 2.40. The molecule has 1 aliphatic rings. The summed E-state index contributed by atoms with van der Waals surface area (Å²) in [5.74, 6) is -1.83. The van der Waals surface area contributed by atoms with Crippen molar-refractivity contribution in [3.63, 3.8) is 0 Å². The Morgan fingerprint density at radius 1 is 1.25 bits per heavy atom. The third-order valence-corrected chi connectivity index (χ3v) is 3.71. The molecule has 2 rings (SSSR count). The molecule has 1 heterocycles. The average molecular weight is 333 g/mol. The van der Waals surface area contributed by atoms with Crippen LogP contribution in [0.4, 0.5) is 4.79 Å². The second kappa shape index (κ2) is 7.63. The van der Waals surface area contributed by atoms with E-state index in [2.05, 4.69) is 5.32 Å². The van der Waals surface area contributed by atoms with Crippen LogP contribution in [0.1, 0.15) is 19.4 Å². The molecular weight excluding hydrogens is 314 g/mol. The first-order valence-electron chi connectivity index (χ1n) is 7.42. The van der Waals surface area contributed by atoms with Gasteiger partial charge in [0.25, 0.3) is 0 Å².